The van der Waals surface area contributed by atoms with Crippen molar-refractivity contribution in [1.82, 2.24) is 19.5 Å². The van der Waals surface area contributed by atoms with E-state index in [1.807, 2.05) is 0 Å². The number of thioether (sulfide) groups is 1. The average Bonchev–Trinajstić information content (AvgIpc) is 3.34. The molecule has 0 aliphatic carbocycles. The maximum atomic E-state index is 12.6. The van der Waals surface area contributed by atoms with Gasteiger partial charge in [0.25, 0.3) is 13.4 Å². The van der Waals surface area contributed by atoms with Gasteiger partial charge in [-0.05, 0) is 17.6 Å². The fourth-order valence-corrected chi connectivity index (χ4v) is 5.72. The number of H-pyrrole nitrogens is 1. The number of nitrogens with zero attached hydrogens (tertiary/aromatic N) is 3. The monoisotopic (exact) mass is 554 g/mol. The Bertz CT molecular complexity index is 1480. The van der Waals surface area contributed by atoms with Gasteiger partial charge in [-0.3, -0.25) is 23.7 Å². The lowest BCUT2D eigenvalue weighted by Crippen LogP contribution is -2.41. The lowest BCUT2D eigenvalue weighted by atomic mass is 9.80. The van der Waals surface area contributed by atoms with Crippen LogP contribution in [-0.2, 0) is 23.1 Å². The first-order chi connectivity index (χ1) is 17.5. The zero-order valence-corrected chi connectivity index (χ0v) is 20.3. The van der Waals surface area contributed by atoms with Crippen molar-refractivity contribution < 1.29 is 44.6 Å². The third-order valence-electron chi connectivity index (χ3n) is 5.55. The maximum Gasteiger partial charge on any atom is 1.00 e. The number of anilines is 2. The minimum atomic E-state index is -4.64. The van der Waals surface area contributed by atoms with Gasteiger partial charge in [0.15, 0.2) is 22.5 Å². The van der Waals surface area contributed by atoms with Crippen LogP contribution in [0.3, 0.4) is 0 Å². The molecule has 16 nitrogen and oxygen atoms in total. The second-order valence-corrected chi connectivity index (χ2v) is 10.4. The summed E-state index contributed by atoms with van der Waals surface area (Å²) >= 11 is 0.875. The summed E-state index contributed by atoms with van der Waals surface area (Å²) < 4.78 is 28.3. The molecule has 2 aromatic heterocycles. The SMILES string of the molecule is Nc1nc2c(nc(SCC(=O)Nc3cccc(B(O)O)c3)n2[C@@H]2OC3COP(=O)([O-])O[C@H]3C2O)c(=O)[nH]1.[H+]. The number of phosphoric ester groups is 1. The molecular weight excluding hydrogens is 534 g/mol. The third-order valence-corrected chi connectivity index (χ3v) is 7.47. The van der Waals surface area contributed by atoms with E-state index in [0.717, 1.165) is 11.8 Å². The third kappa shape index (κ3) is 5.15. The van der Waals surface area contributed by atoms with Crippen LogP contribution in [0.4, 0.5) is 11.6 Å². The van der Waals surface area contributed by atoms with Crippen LogP contribution < -0.4 is 27.0 Å². The van der Waals surface area contributed by atoms with Crippen molar-refractivity contribution in [3.8, 4) is 0 Å². The number of amides is 1. The maximum absolute atomic E-state index is 12.6. The van der Waals surface area contributed by atoms with Crippen LogP contribution >= 0.6 is 19.6 Å². The molecule has 0 spiro atoms. The molecular formula is C18H20BN6O10PS. The zero-order valence-electron chi connectivity index (χ0n) is 19.6. The van der Waals surface area contributed by atoms with Crippen LogP contribution in [0.15, 0.2) is 34.2 Å². The van der Waals surface area contributed by atoms with E-state index in [2.05, 4.69) is 24.8 Å². The Morgan fingerprint density at radius 1 is 1.43 bits per heavy atom. The lowest BCUT2D eigenvalue weighted by Gasteiger charge is -2.34. The topological polar surface area (TPSA) is 247 Å². The Kier molecular flexibility index (Phi) is 6.86. The number of imidazole rings is 1. The van der Waals surface area contributed by atoms with Crippen LogP contribution in [0.5, 0.6) is 0 Å². The molecule has 1 aromatic carbocycles. The van der Waals surface area contributed by atoms with E-state index in [1.54, 1.807) is 6.07 Å². The van der Waals surface area contributed by atoms with Gasteiger partial charge in [0.1, 0.15) is 18.3 Å². The fraction of sp³-hybridized carbons (Fsp3) is 0.333. The minimum Gasteiger partial charge on any atom is -0.756 e. The van der Waals surface area contributed by atoms with Crippen LogP contribution in [0.1, 0.15) is 7.65 Å². The number of aromatic amines is 1. The normalized spacial score (nSPS) is 27.2. The highest BCUT2D eigenvalue weighted by Crippen LogP contribution is 2.50. The summed E-state index contributed by atoms with van der Waals surface area (Å²) in [5.74, 6) is -0.971. The van der Waals surface area contributed by atoms with E-state index in [1.165, 1.54) is 22.8 Å². The minimum absolute atomic E-state index is 0. The van der Waals surface area contributed by atoms with Gasteiger partial charge in [-0.2, -0.15) is 4.98 Å². The van der Waals surface area contributed by atoms with Crippen LogP contribution in [-0.4, -0.2) is 78.4 Å². The first-order valence-electron chi connectivity index (χ1n) is 10.7. The molecule has 3 aromatic rings. The quantitative estimate of drug-likeness (QED) is 0.104. The van der Waals surface area contributed by atoms with Gasteiger partial charge in [0, 0.05) is 5.69 Å². The second kappa shape index (κ2) is 9.82. The first-order valence-corrected chi connectivity index (χ1v) is 13.1. The number of benzene rings is 1. The van der Waals surface area contributed by atoms with E-state index in [4.69, 9.17) is 15.0 Å². The molecule has 2 aliphatic heterocycles. The molecule has 2 aliphatic rings. The lowest BCUT2D eigenvalue weighted by molar-refractivity contribution is -0.245. The predicted octanol–water partition coefficient (Wildman–Crippen LogP) is -2.63. The fourth-order valence-electron chi connectivity index (χ4n) is 3.96. The van der Waals surface area contributed by atoms with Crippen LogP contribution in [0.25, 0.3) is 11.2 Å². The van der Waals surface area contributed by atoms with Crippen molar-refractivity contribution in [2.24, 2.45) is 0 Å². The number of fused-ring (bicyclic) bond motifs is 2. The summed E-state index contributed by atoms with van der Waals surface area (Å²) in [5, 5.41) is 32.1. The predicted molar refractivity (Wildman–Crippen MR) is 128 cm³/mol. The highest BCUT2D eigenvalue weighted by molar-refractivity contribution is 7.99. The highest BCUT2D eigenvalue weighted by atomic mass is 32.2. The second-order valence-electron chi connectivity index (χ2n) is 8.09. The molecule has 7 N–H and O–H groups in total. The summed E-state index contributed by atoms with van der Waals surface area (Å²) in [5.41, 5.74) is 5.28. The number of aliphatic hydroxyl groups excluding tert-OH is 1. The number of nitrogens with one attached hydrogen (secondary N) is 2. The smallest absolute Gasteiger partial charge is 0.756 e. The van der Waals surface area contributed by atoms with E-state index in [-0.39, 0.29) is 34.9 Å². The highest BCUT2D eigenvalue weighted by Gasteiger charge is 2.51. The van der Waals surface area contributed by atoms with E-state index in [9.17, 15) is 34.2 Å². The van der Waals surface area contributed by atoms with E-state index >= 15 is 0 Å². The summed E-state index contributed by atoms with van der Waals surface area (Å²) in [6, 6.07) is 5.94. The molecule has 3 unspecified atom stereocenters. The molecule has 1 amide bonds. The Morgan fingerprint density at radius 3 is 2.97 bits per heavy atom. The summed E-state index contributed by atoms with van der Waals surface area (Å²) in [7, 11) is -6.35. The summed E-state index contributed by atoms with van der Waals surface area (Å²) in [6.45, 7) is -0.395. The molecule has 2 saturated heterocycles. The number of hydrogen-bond donors (Lipinski definition) is 6. The van der Waals surface area contributed by atoms with Crippen molar-refractivity contribution in [1.29, 1.82) is 0 Å². The van der Waals surface area contributed by atoms with Crippen LogP contribution in [0.2, 0.25) is 0 Å². The van der Waals surface area contributed by atoms with E-state index in [0.29, 0.717) is 5.69 Å². The molecule has 4 heterocycles. The molecule has 37 heavy (non-hydrogen) atoms. The Morgan fingerprint density at radius 2 is 2.22 bits per heavy atom. The number of hydrogen-bond acceptors (Lipinski definition) is 14. The van der Waals surface area contributed by atoms with Gasteiger partial charge in [-0.15, -0.1) is 0 Å². The zero-order chi connectivity index (χ0) is 26.5. The van der Waals surface area contributed by atoms with Crippen molar-refractivity contribution >= 4 is 60.9 Å². The molecule has 0 radical (unpaired) electrons. The summed E-state index contributed by atoms with van der Waals surface area (Å²) in [4.78, 5) is 47.4. The van der Waals surface area contributed by atoms with Crippen molar-refractivity contribution in [3.63, 3.8) is 0 Å². The van der Waals surface area contributed by atoms with E-state index < -0.39 is 57.6 Å². The van der Waals surface area contributed by atoms with Crippen molar-refractivity contribution in [2.45, 2.75) is 29.7 Å². The number of phosphoric acid groups is 1. The standard InChI is InChI=1S/C18H20BN6O10PS/c20-17-23-14-11(15(28)24-17)22-18(37-6-10(26)21-8-3-1-2-7(4-8)19(29)30)25(14)16-12(27)13-9(34-16)5-33-36(31,32)35-13/h1-4,9,12-13,16,27,29-30H,5-6H2,(H,21,26)(H,31,32)(H3,20,23,24,28)/t9?,12?,13-,16-/m1/s1. The first kappa shape index (κ1) is 25.8. The molecule has 196 valence electrons. The number of ether oxygens (including phenoxy) is 1. The molecule has 2 fully saturated rings. The van der Waals surface area contributed by atoms with Gasteiger partial charge < -0.3 is 44.9 Å². The molecule has 0 saturated carbocycles. The summed E-state index contributed by atoms with van der Waals surface area (Å²) in [6.07, 6.45) is -5.07. The van der Waals surface area contributed by atoms with Gasteiger partial charge in [-0.25, -0.2) is 4.98 Å². The number of aliphatic hydroxyl groups is 1. The molecule has 5 atom stereocenters. The number of carbonyl (C=O) groups excluding carboxylic acids is 1. The molecule has 0 bridgehead atoms. The van der Waals surface area contributed by atoms with Gasteiger partial charge >= 0.3 is 8.55 Å². The van der Waals surface area contributed by atoms with Gasteiger partial charge in [-0.1, -0.05) is 23.9 Å². The number of rotatable bonds is 6. The van der Waals surface area contributed by atoms with Gasteiger partial charge in [0.05, 0.1) is 12.4 Å². The number of nitrogens with two attached hydrogens (primary N) is 1. The Balaban J connectivity index is 0.00000336. The van der Waals surface area contributed by atoms with Gasteiger partial charge in [0.2, 0.25) is 11.9 Å². The van der Waals surface area contributed by atoms with Crippen LogP contribution in [0, 0.1) is 0 Å². The largest absolute Gasteiger partial charge is 1.00 e. The molecule has 19 heteroatoms. The number of aromatic nitrogens is 4. The Labute approximate surface area is 213 Å². The Hall–Kier alpha value is -2.80. The number of carbonyl (C=O) groups is 1. The average molecular weight is 554 g/mol. The van der Waals surface area contributed by atoms with Crippen molar-refractivity contribution in [3.05, 3.63) is 34.6 Å². The van der Waals surface area contributed by atoms with Crippen molar-refractivity contribution in [2.75, 3.05) is 23.4 Å². The molecule has 5 rings (SSSR count). The number of nitrogen functional groups attached to an aromatic ring is 1.